The van der Waals surface area contributed by atoms with Crippen LogP contribution in [-0.4, -0.2) is 17.5 Å². The summed E-state index contributed by atoms with van der Waals surface area (Å²) in [5.41, 5.74) is 1.68. The SMILES string of the molecule is CCOc1ccc(C(Nc2ccc(OC)cc2)C(Cl)(Cl)Cl)cc1. The molecule has 0 spiro atoms. The van der Waals surface area contributed by atoms with E-state index in [1.54, 1.807) is 7.11 Å². The Balaban J connectivity index is 2.22. The smallest absolute Gasteiger partial charge is 0.214 e. The summed E-state index contributed by atoms with van der Waals surface area (Å²) in [7, 11) is 1.62. The molecule has 23 heavy (non-hydrogen) atoms. The number of alkyl halides is 3. The molecule has 2 aromatic rings. The van der Waals surface area contributed by atoms with Gasteiger partial charge in [-0.2, -0.15) is 0 Å². The number of rotatable bonds is 6. The maximum atomic E-state index is 6.16. The fourth-order valence-electron chi connectivity index (χ4n) is 2.13. The van der Waals surface area contributed by atoms with E-state index in [-0.39, 0.29) is 0 Å². The number of anilines is 1. The minimum atomic E-state index is -1.51. The average molecular weight is 375 g/mol. The second-order valence-electron chi connectivity index (χ2n) is 4.85. The molecule has 124 valence electrons. The topological polar surface area (TPSA) is 30.5 Å². The van der Waals surface area contributed by atoms with Gasteiger partial charge in [-0.15, -0.1) is 0 Å². The first-order valence-corrected chi connectivity index (χ1v) is 8.27. The highest BCUT2D eigenvalue weighted by molar-refractivity contribution is 6.68. The Morgan fingerprint density at radius 3 is 2.00 bits per heavy atom. The van der Waals surface area contributed by atoms with Crippen LogP contribution in [0.2, 0.25) is 0 Å². The molecule has 1 unspecified atom stereocenters. The van der Waals surface area contributed by atoms with Crippen LogP contribution in [0.3, 0.4) is 0 Å². The monoisotopic (exact) mass is 373 g/mol. The Labute approximate surface area is 151 Å². The van der Waals surface area contributed by atoms with Gasteiger partial charge in [0.25, 0.3) is 0 Å². The summed E-state index contributed by atoms with van der Waals surface area (Å²) in [5, 5.41) is 3.25. The molecule has 0 aliphatic carbocycles. The highest BCUT2D eigenvalue weighted by Gasteiger charge is 2.34. The van der Waals surface area contributed by atoms with Gasteiger partial charge in [-0.25, -0.2) is 0 Å². The van der Waals surface area contributed by atoms with Gasteiger partial charge in [0.2, 0.25) is 3.79 Å². The Bertz CT molecular complexity index is 609. The summed E-state index contributed by atoms with van der Waals surface area (Å²) in [6, 6.07) is 14.4. The highest BCUT2D eigenvalue weighted by Crippen LogP contribution is 2.42. The van der Waals surface area contributed by atoms with Gasteiger partial charge in [0.1, 0.15) is 11.5 Å². The van der Waals surface area contributed by atoms with Gasteiger partial charge in [0.05, 0.1) is 19.8 Å². The molecule has 1 atom stereocenters. The van der Waals surface area contributed by atoms with E-state index in [2.05, 4.69) is 5.32 Å². The van der Waals surface area contributed by atoms with E-state index in [4.69, 9.17) is 44.3 Å². The van der Waals surface area contributed by atoms with E-state index in [0.717, 1.165) is 22.7 Å². The fraction of sp³-hybridized carbons (Fsp3) is 0.294. The van der Waals surface area contributed by atoms with E-state index in [9.17, 15) is 0 Å². The van der Waals surface area contributed by atoms with Gasteiger partial charge in [-0.1, -0.05) is 46.9 Å². The van der Waals surface area contributed by atoms with Crippen LogP contribution in [-0.2, 0) is 0 Å². The van der Waals surface area contributed by atoms with Crippen LogP contribution in [0.15, 0.2) is 48.5 Å². The first-order chi connectivity index (χ1) is 10.9. The first kappa shape index (κ1) is 18.1. The number of hydrogen-bond donors (Lipinski definition) is 1. The van der Waals surface area contributed by atoms with Gasteiger partial charge >= 0.3 is 0 Å². The van der Waals surface area contributed by atoms with Crippen molar-refractivity contribution in [2.24, 2.45) is 0 Å². The Kier molecular flexibility index (Phi) is 6.28. The lowest BCUT2D eigenvalue weighted by atomic mass is 10.1. The summed E-state index contributed by atoms with van der Waals surface area (Å²) in [6.07, 6.45) is 0. The van der Waals surface area contributed by atoms with Crippen molar-refractivity contribution >= 4 is 40.5 Å². The first-order valence-electron chi connectivity index (χ1n) is 7.14. The fourth-order valence-corrected chi connectivity index (χ4v) is 2.67. The van der Waals surface area contributed by atoms with Crippen LogP contribution in [0.5, 0.6) is 11.5 Å². The van der Waals surface area contributed by atoms with Crippen molar-refractivity contribution in [1.82, 2.24) is 0 Å². The van der Waals surface area contributed by atoms with Gasteiger partial charge in [-0.3, -0.25) is 0 Å². The molecule has 6 heteroatoms. The lowest BCUT2D eigenvalue weighted by molar-refractivity contribution is 0.340. The van der Waals surface area contributed by atoms with E-state index in [0.29, 0.717) is 6.61 Å². The van der Waals surface area contributed by atoms with E-state index in [1.165, 1.54) is 0 Å². The van der Waals surface area contributed by atoms with Crippen LogP contribution >= 0.6 is 34.8 Å². The number of hydrogen-bond acceptors (Lipinski definition) is 3. The lowest BCUT2D eigenvalue weighted by Crippen LogP contribution is -2.25. The maximum Gasteiger partial charge on any atom is 0.214 e. The van der Waals surface area contributed by atoms with E-state index in [1.807, 2.05) is 55.5 Å². The normalized spacial score (nSPS) is 12.6. The quantitative estimate of drug-likeness (QED) is 0.666. The zero-order valence-corrected chi connectivity index (χ0v) is 15.1. The maximum absolute atomic E-state index is 6.16. The molecule has 0 saturated carbocycles. The zero-order valence-electron chi connectivity index (χ0n) is 12.9. The van der Waals surface area contributed by atoms with Gasteiger partial charge < -0.3 is 14.8 Å². The molecule has 0 amide bonds. The Hall–Kier alpha value is -1.29. The molecule has 3 nitrogen and oxygen atoms in total. The van der Waals surface area contributed by atoms with Crippen molar-refractivity contribution in [2.75, 3.05) is 19.0 Å². The van der Waals surface area contributed by atoms with Crippen molar-refractivity contribution in [1.29, 1.82) is 0 Å². The minimum absolute atomic E-state index is 0.503. The summed E-state index contributed by atoms with van der Waals surface area (Å²) in [5.74, 6) is 1.55. The molecule has 0 radical (unpaired) electrons. The standard InChI is InChI=1S/C17H18Cl3NO2/c1-3-23-15-8-4-12(5-9-15)16(17(18,19)20)21-13-6-10-14(22-2)11-7-13/h4-11,16,21H,3H2,1-2H3. The van der Waals surface area contributed by atoms with Crippen molar-refractivity contribution in [3.8, 4) is 11.5 Å². The molecule has 0 heterocycles. The number of halogens is 3. The summed E-state index contributed by atoms with van der Waals surface area (Å²) < 4.78 is 9.07. The third-order valence-corrected chi connectivity index (χ3v) is 3.91. The average Bonchev–Trinajstić information content (AvgIpc) is 2.53. The third kappa shape index (κ3) is 5.10. The predicted molar refractivity (Wildman–Crippen MR) is 97.3 cm³/mol. The lowest BCUT2D eigenvalue weighted by Gasteiger charge is -2.27. The second-order valence-corrected chi connectivity index (χ2v) is 7.22. The Morgan fingerprint density at radius 2 is 1.52 bits per heavy atom. The molecule has 2 rings (SSSR count). The summed E-state index contributed by atoms with van der Waals surface area (Å²) in [6.45, 7) is 2.54. The molecule has 1 N–H and O–H groups in total. The van der Waals surface area contributed by atoms with Gasteiger partial charge in [0, 0.05) is 5.69 Å². The van der Waals surface area contributed by atoms with E-state index < -0.39 is 9.83 Å². The van der Waals surface area contributed by atoms with Crippen molar-refractivity contribution in [3.63, 3.8) is 0 Å². The molecule has 0 bridgehead atoms. The van der Waals surface area contributed by atoms with Crippen LogP contribution in [0.4, 0.5) is 5.69 Å². The molecule has 0 aliphatic heterocycles. The number of ether oxygens (including phenoxy) is 2. The van der Waals surface area contributed by atoms with Crippen molar-refractivity contribution < 1.29 is 9.47 Å². The van der Waals surface area contributed by atoms with Crippen LogP contribution in [0.1, 0.15) is 18.5 Å². The third-order valence-electron chi connectivity index (χ3n) is 3.25. The molecule has 0 aliphatic rings. The number of methoxy groups -OCH3 is 1. The molecule has 2 aromatic carbocycles. The molecular weight excluding hydrogens is 357 g/mol. The minimum Gasteiger partial charge on any atom is -0.497 e. The van der Waals surface area contributed by atoms with Crippen molar-refractivity contribution in [3.05, 3.63) is 54.1 Å². The van der Waals surface area contributed by atoms with Crippen molar-refractivity contribution in [2.45, 2.75) is 16.8 Å². The molecular formula is C17H18Cl3NO2. The van der Waals surface area contributed by atoms with Gasteiger partial charge in [-0.05, 0) is 48.9 Å². The molecule has 0 fully saturated rings. The molecule has 0 saturated heterocycles. The van der Waals surface area contributed by atoms with Crippen LogP contribution in [0.25, 0.3) is 0 Å². The predicted octanol–water partition coefficient (Wildman–Crippen LogP) is 5.62. The summed E-state index contributed by atoms with van der Waals surface area (Å²) in [4.78, 5) is 0. The summed E-state index contributed by atoms with van der Waals surface area (Å²) >= 11 is 18.5. The largest absolute Gasteiger partial charge is 0.497 e. The zero-order chi connectivity index (χ0) is 16.9. The number of benzene rings is 2. The van der Waals surface area contributed by atoms with E-state index >= 15 is 0 Å². The van der Waals surface area contributed by atoms with Crippen LogP contribution in [0, 0.1) is 0 Å². The molecule has 0 aromatic heterocycles. The highest BCUT2D eigenvalue weighted by atomic mass is 35.6. The Morgan fingerprint density at radius 1 is 0.957 bits per heavy atom. The number of nitrogens with one attached hydrogen (secondary N) is 1. The van der Waals surface area contributed by atoms with Gasteiger partial charge in [0.15, 0.2) is 0 Å². The second kappa shape index (κ2) is 8.00. The van der Waals surface area contributed by atoms with Crippen LogP contribution < -0.4 is 14.8 Å².